The Balaban J connectivity index is 1.48. The zero-order valence-electron chi connectivity index (χ0n) is 16.2. The van der Waals surface area contributed by atoms with Gasteiger partial charge in [-0.15, -0.1) is 4.40 Å². The van der Waals surface area contributed by atoms with Crippen LogP contribution in [0.4, 0.5) is 16.2 Å². The predicted octanol–water partition coefficient (Wildman–Crippen LogP) is 2.53. The molecule has 9 nitrogen and oxygen atoms in total. The summed E-state index contributed by atoms with van der Waals surface area (Å²) < 4.78 is 35.3. The van der Waals surface area contributed by atoms with Crippen LogP contribution in [0.2, 0.25) is 0 Å². The molecule has 0 spiro atoms. The lowest BCUT2D eigenvalue weighted by Crippen LogP contribution is -2.48. The van der Waals surface area contributed by atoms with E-state index in [-0.39, 0.29) is 24.5 Å². The molecule has 2 amide bonds. The lowest BCUT2D eigenvalue weighted by Gasteiger charge is -2.35. The number of rotatable bonds is 4. The number of amidine groups is 1. The summed E-state index contributed by atoms with van der Waals surface area (Å²) in [7, 11) is -3.85. The topological polar surface area (TPSA) is 126 Å². The van der Waals surface area contributed by atoms with Crippen LogP contribution >= 0.6 is 0 Å². The van der Waals surface area contributed by atoms with E-state index in [4.69, 9.17) is 10.5 Å². The molecule has 2 aromatic rings. The van der Waals surface area contributed by atoms with Gasteiger partial charge in [-0.3, -0.25) is 4.72 Å². The SMILES string of the molecule is NC1=NS(=O)(=O)Nc2cccc(OC[C@H]3CCCCN3C(=O)Nc3ccccc3)c21. The van der Waals surface area contributed by atoms with E-state index in [1.807, 2.05) is 30.3 Å². The number of fused-ring (bicyclic) bond motifs is 1. The highest BCUT2D eigenvalue weighted by Gasteiger charge is 2.29. The van der Waals surface area contributed by atoms with Crippen LogP contribution in [-0.4, -0.2) is 44.4 Å². The summed E-state index contributed by atoms with van der Waals surface area (Å²) in [6.07, 6.45) is 2.74. The van der Waals surface area contributed by atoms with E-state index in [0.29, 0.717) is 23.5 Å². The maximum Gasteiger partial charge on any atom is 0.344 e. The van der Waals surface area contributed by atoms with Crippen LogP contribution in [0.3, 0.4) is 0 Å². The minimum atomic E-state index is -3.85. The van der Waals surface area contributed by atoms with Gasteiger partial charge in [0.05, 0.1) is 17.3 Å². The maximum absolute atomic E-state index is 12.8. The first-order valence-corrected chi connectivity index (χ1v) is 11.1. The maximum atomic E-state index is 12.8. The number of benzene rings is 2. The Hall–Kier alpha value is -3.27. The summed E-state index contributed by atoms with van der Waals surface area (Å²) >= 11 is 0. The van der Waals surface area contributed by atoms with Crippen molar-refractivity contribution in [1.82, 2.24) is 4.90 Å². The molecule has 4 N–H and O–H groups in total. The summed E-state index contributed by atoms with van der Waals surface area (Å²) in [6.45, 7) is 0.904. The average molecular weight is 430 g/mol. The van der Waals surface area contributed by atoms with Crippen LogP contribution in [0.25, 0.3) is 0 Å². The Labute approximate surface area is 175 Å². The van der Waals surface area contributed by atoms with Crippen molar-refractivity contribution in [3.63, 3.8) is 0 Å². The van der Waals surface area contributed by atoms with Gasteiger partial charge in [0.25, 0.3) is 0 Å². The average Bonchev–Trinajstić information content (AvgIpc) is 2.72. The molecular formula is C20H23N5O4S. The molecule has 2 heterocycles. The van der Waals surface area contributed by atoms with E-state index in [0.717, 1.165) is 24.9 Å². The first-order chi connectivity index (χ1) is 14.4. The van der Waals surface area contributed by atoms with Gasteiger partial charge in [0.1, 0.15) is 12.4 Å². The number of hydrogen-bond donors (Lipinski definition) is 3. The second kappa shape index (κ2) is 8.23. The van der Waals surface area contributed by atoms with Crippen molar-refractivity contribution in [3.05, 3.63) is 54.1 Å². The standard InChI is InChI=1S/C20H23N5O4S/c21-19-18-16(23-30(27,28)24-19)10-6-11-17(18)29-13-15-9-4-5-12-25(15)20(26)22-14-7-2-1-3-8-14/h1-3,6-8,10-11,15,23H,4-5,9,12-13H2,(H2,21,24)(H,22,26)/t15-/m1/s1. The fraction of sp³-hybridized carbons (Fsp3) is 0.300. The molecule has 4 rings (SSSR count). The van der Waals surface area contributed by atoms with Crippen molar-refractivity contribution >= 4 is 33.5 Å². The van der Waals surface area contributed by atoms with Crippen LogP contribution in [0.1, 0.15) is 24.8 Å². The molecule has 0 aliphatic carbocycles. The zero-order valence-corrected chi connectivity index (χ0v) is 17.1. The van der Waals surface area contributed by atoms with Crippen molar-refractivity contribution in [3.8, 4) is 5.75 Å². The third-order valence-corrected chi connectivity index (χ3v) is 6.00. The van der Waals surface area contributed by atoms with Gasteiger partial charge in [0.15, 0.2) is 5.84 Å². The summed E-state index contributed by atoms with van der Waals surface area (Å²) in [4.78, 5) is 14.6. The number of piperidine rings is 1. The normalized spacial score (nSPS) is 19.8. The number of urea groups is 1. The first kappa shape index (κ1) is 20.0. The Kier molecular flexibility index (Phi) is 5.49. The largest absolute Gasteiger partial charge is 0.491 e. The lowest BCUT2D eigenvalue weighted by atomic mass is 10.0. The second-order valence-electron chi connectivity index (χ2n) is 7.18. The molecule has 1 fully saturated rings. The van der Waals surface area contributed by atoms with Crippen molar-refractivity contribution < 1.29 is 17.9 Å². The highest BCUT2D eigenvalue weighted by Crippen LogP contribution is 2.31. The third kappa shape index (κ3) is 4.33. The van der Waals surface area contributed by atoms with Crippen LogP contribution < -0.4 is 20.5 Å². The Morgan fingerprint density at radius 3 is 2.80 bits per heavy atom. The van der Waals surface area contributed by atoms with Gasteiger partial charge >= 0.3 is 16.2 Å². The molecule has 2 aliphatic heterocycles. The Bertz CT molecular complexity index is 1070. The van der Waals surface area contributed by atoms with Crippen molar-refractivity contribution in [1.29, 1.82) is 0 Å². The lowest BCUT2D eigenvalue weighted by molar-refractivity contribution is 0.124. The predicted molar refractivity (Wildman–Crippen MR) is 115 cm³/mol. The molecule has 2 aromatic carbocycles. The summed E-state index contributed by atoms with van der Waals surface area (Å²) in [5, 5.41) is 2.92. The number of ether oxygens (including phenoxy) is 1. The van der Waals surface area contributed by atoms with Gasteiger partial charge in [-0.25, -0.2) is 4.79 Å². The van der Waals surface area contributed by atoms with E-state index in [2.05, 4.69) is 14.4 Å². The number of nitrogens with two attached hydrogens (primary N) is 1. The molecular weight excluding hydrogens is 406 g/mol. The molecule has 158 valence electrons. The summed E-state index contributed by atoms with van der Waals surface area (Å²) in [5.74, 6) is 0.298. The molecule has 0 aromatic heterocycles. The van der Waals surface area contributed by atoms with Gasteiger partial charge in [-0.05, 0) is 43.5 Å². The van der Waals surface area contributed by atoms with Gasteiger partial charge in [0.2, 0.25) is 0 Å². The number of carbonyl (C=O) groups is 1. The number of anilines is 2. The number of nitrogens with one attached hydrogen (secondary N) is 2. The van der Waals surface area contributed by atoms with Gasteiger partial charge in [-0.1, -0.05) is 24.3 Å². The number of nitrogens with zero attached hydrogens (tertiary/aromatic N) is 2. The quantitative estimate of drug-likeness (QED) is 0.688. The fourth-order valence-electron chi connectivity index (χ4n) is 3.68. The minimum Gasteiger partial charge on any atom is -0.491 e. The third-order valence-electron chi connectivity index (χ3n) is 5.08. The number of para-hydroxylation sites is 1. The van der Waals surface area contributed by atoms with E-state index >= 15 is 0 Å². The Morgan fingerprint density at radius 2 is 2.00 bits per heavy atom. The van der Waals surface area contributed by atoms with Gasteiger partial charge < -0.3 is 20.7 Å². The molecule has 10 heteroatoms. The first-order valence-electron chi connectivity index (χ1n) is 9.70. The molecule has 30 heavy (non-hydrogen) atoms. The van der Waals surface area contributed by atoms with Gasteiger partial charge in [0, 0.05) is 12.2 Å². The number of carbonyl (C=O) groups excluding carboxylic acids is 1. The molecule has 1 atom stereocenters. The van der Waals surface area contributed by atoms with Crippen LogP contribution in [0, 0.1) is 0 Å². The van der Waals surface area contributed by atoms with Crippen LogP contribution in [-0.2, 0) is 10.2 Å². The number of hydrogen-bond acceptors (Lipinski definition) is 5. The molecule has 1 saturated heterocycles. The van der Waals surface area contributed by atoms with E-state index in [1.54, 1.807) is 23.1 Å². The minimum absolute atomic E-state index is 0.114. The fourth-order valence-corrected chi connectivity index (χ4v) is 4.53. The van der Waals surface area contributed by atoms with E-state index < -0.39 is 10.2 Å². The number of likely N-dealkylation sites (tertiary alicyclic amines) is 1. The molecule has 0 bridgehead atoms. The smallest absolute Gasteiger partial charge is 0.344 e. The van der Waals surface area contributed by atoms with Crippen molar-refractivity contribution in [2.24, 2.45) is 10.1 Å². The number of amides is 2. The molecule has 2 aliphatic rings. The van der Waals surface area contributed by atoms with Crippen molar-refractivity contribution in [2.45, 2.75) is 25.3 Å². The monoisotopic (exact) mass is 429 g/mol. The summed E-state index contributed by atoms with van der Waals surface area (Å²) in [6, 6.07) is 14.0. The molecule has 0 unspecified atom stereocenters. The zero-order chi connectivity index (χ0) is 21.1. The van der Waals surface area contributed by atoms with Gasteiger partial charge in [-0.2, -0.15) is 8.42 Å². The highest BCUT2D eigenvalue weighted by atomic mass is 32.2. The van der Waals surface area contributed by atoms with E-state index in [9.17, 15) is 13.2 Å². The second-order valence-corrected chi connectivity index (χ2v) is 8.52. The summed E-state index contributed by atoms with van der Waals surface area (Å²) in [5.41, 5.74) is 7.33. The Morgan fingerprint density at radius 1 is 1.20 bits per heavy atom. The van der Waals surface area contributed by atoms with E-state index in [1.165, 1.54) is 0 Å². The van der Waals surface area contributed by atoms with Crippen molar-refractivity contribution in [2.75, 3.05) is 23.2 Å². The molecule has 0 saturated carbocycles. The van der Waals surface area contributed by atoms with Crippen LogP contribution in [0.15, 0.2) is 52.9 Å². The molecule has 0 radical (unpaired) electrons. The highest BCUT2D eigenvalue weighted by molar-refractivity contribution is 7.91. The van der Waals surface area contributed by atoms with Crippen LogP contribution in [0.5, 0.6) is 5.75 Å².